The average molecular weight is 393 g/mol. The molecule has 4 aromatic rings. The Bertz CT molecular complexity index is 1090. The third kappa shape index (κ3) is 3.82. The maximum Gasteiger partial charge on any atom is 0.276 e. The zero-order valence-electron chi connectivity index (χ0n) is 15.1. The summed E-state index contributed by atoms with van der Waals surface area (Å²) in [7, 11) is 1.72. The molecule has 0 bridgehead atoms. The van der Waals surface area contributed by atoms with Gasteiger partial charge in [0.1, 0.15) is 0 Å². The molecule has 0 radical (unpaired) electrons. The first-order chi connectivity index (χ1) is 13.6. The maximum atomic E-state index is 12.7. The molecule has 140 valence electrons. The molecule has 0 unspecified atom stereocenters. The number of amides is 1. The van der Waals surface area contributed by atoms with Crippen LogP contribution in [0.3, 0.4) is 0 Å². The van der Waals surface area contributed by atoms with Crippen molar-refractivity contribution in [1.82, 2.24) is 19.8 Å². The van der Waals surface area contributed by atoms with Crippen LogP contribution in [0.1, 0.15) is 16.1 Å². The molecule has 0 saturated heterocycles. The van der Waals surface area contributed by atoms with Gasteiger partial charge in [0.05, 0.1) is 11.9 Å². The van der Waals surface area contributed by atoms with Gasteiger partial charge in [-0.3, -0.25) is 4.79 Å². The van der Waals surface area contributed by atoms with Crippen molar-refractivity contribution < 1.29 is 9.32 Å². The van der Waals surface area contributed by atoms with Gasteiger partial charge >= 0.3 is 0 Å². The Hall–Kier alpha value is -3.38. The van der Waals surface area contributed by atoms with Crippen LogP contribution in [0.15, 0.2) is 77.6 Å². The minimum Gasteiger partial charge on any atom is -0.355 e. The Morgan fingerprint density at radius 1 is 1.14 bits per heavy atom. The summed E-state index contributed by atoms with van der Waals surface area (Å²) in [6, 6.07) is 18.6. The van der Waals surface area contributed by atoms with Crippen molar-refractivity contribution in [1.29, 1.82) is 0 Å². The van der Waals surface area contributed by atoms with E-state index < -0.39 is 0 Å². The second-order valence-corrected chi connectivity index (χ2v) is 6.81. The number of halogens is 1. The first-order valence-electron chi connectivity index (χ1n) is 8.67. The van der Waals surface area contributed by atoms with Crippen LogP contribution >= 0.6 is 11.6 Å². The molecule has 1 amide bonds. The summed E-state index contributed by atoms with van der Waals surface area (Å²) >= 11 is 5.90. The van der Waals surface area contributed by atoms with Gasteiger partial charge in [0.15, 0.2) is 11.5 Å². The molecular weight excluding hydrogens is 376 g/mol. The quantitative estimate of drug-likeness (QED) is 0.503. The highest BCUT2D eigenvalue weighted by Gasteiger charge is 2.18. The number of carbonyl (C=O) groups excluding carboxylic acids is 1. The van der Waals surface area contributed by atoms with Crippen molar-refractivity contribution in [2.24, 2.45) is 0 Å². The third-order valence-corrected chi connectivity index (χ3v) is 4.53. The van der Waals surface area contributed by atoms with E-state index in [4.69, 9.17) is 16.1 Å². The van der Waals surface area contributed by atoms with Crippen LogP contribution in [-0.2, 0) is 6.54 Å². The lowest BCUT2D eigenvalue weighted by Crippen LogP contribution is -2.26. The first kappa shape index (κ1) is 18.0. The van der Waals surface area contributed by atoms with Crippen LogP contribution in [0, 0.1) is 0 Å². The Balaban J connectivity index is 1.45. The van der Waals surface area contributed by atoms with Crippen LogP contribution in [-0.4, -0.2) is 32.8 Å². The maximum absolute atomic E-state index is 12.7. The van der Waals surface area contributed by atoms with Gasteiger partial charge in [0.25, 0.3) is 5.91 Å². The van der Waals surface area contributed by atoms with Crippen LogP contribution in [0.4, 0.5) is 0 Å². The Morgan fingerprint density at radius 2 is 1.89 bits per heavy atom. The SMILES string of the molecule is CN(Cc1cnn(-c2ccccc2)c1)C(=O)c1cc(-c2ccc(Cl)cc2)on1. The van der Waals surface area contributed by atoms with Crippen molar-refractivity contribution in [3.63, 3.8) is 0 Å². The highest BCUT2D eigenvalue weighted by atomic mass is 35.5. The molecule has 0 N–H and O–H groups in total. The van der Waals surface area contributed by atoms with Crippen molar-refractivity contribution in [2.45, 2.75) is 6.54 Å². The van der Waals surface area contributed by atoms with E-state index in [-0.39, 0.29) is 11.6 Å². The number of para-hydroxylation sites is 1. The minimum absolute atomic E-state index is 0.226. The monoisotopic (exact) mass is 392 g/mol. The van der Waals surface area contributed by atoms with E-state index in [1.807, 2.05) is 48.7 Å². The fraction of sp³-hybridized carbons (Fsp3) is 0.0952. The van der Waals surface area contributed by atoms with E-state index in [1.165, 1.54) is 0 Å². The zero-order chi connectivity index (χ0) is 19.5. The molecule has 28 heavy (non-hydrogen) atoms. The Labute approximate surface area is 166 Å². The van der Waals surface area contributed by atoms with Gasteiger partial charge in [-0.15, -0.1) is 0 Å². The summed E-state index contributed by atoms with van der Waals surface area (Å²) in [6.45, 7) is 0.412. The van der Waals surface area contributed by atoms with Gasteiger partial charge in [0, 0.05) is 42.0 Å². The molecule has 7 heteroatoms. The predicted molar refractivity (Wildman–Crippen MR) is 106 cm³/mol. The molecule has 0 spiro atoms. The van der Waals surface area contributed by atoms with E-state index in [0.717, 1.165) is 16.8 Å². The number of hydrogen-bond acceptors (Lipinski definition) is 4. The molecular formula is C21H17ClN4O2. The van der Waals surface area contributed by atoms with Crippen LogP contribution in [0.2, 0.25) is 5.02 Å². The summed E-state index contributed by atoms with van der Waals surface area (Å²) in [4.78, 5) is 14.3. The van der Waals surface area contributed by atoms with Crippen molar-refractivity contribution in [3.05, 3.63) is 89.3 Å². The van der Waals surface area contributed by atoms with Gasteiger partial charge in [-0.1, -0.05) is 35.0 Å². The molecule has 0 saturated carbocycles. The number of aromatic nitrogens is 3. The van der Waals surface area contributed by atoms with Gasteiger partial charge in [-0.2, -0.15) is 5.10 Å². The third-order valence-electron chi connectivity index (χ3n) is 4.28. The largest absolute Gasteiger partial charge is 0.355 e. The van der Waals surface area contributed by atoms with E-state index in [0.29, 0.717) is 17.3 Å². The smallest absolute Gasteiger partial charge is 0.276 e. The first-order valence-corrected chi connectivity index (χ1v) is 9.05. The van der Waals surface area contributed by atoms with Crippen LogP contribution in [0.25, 0.3) is 17.0 Å². The molecule has 2 aromatic heterocycles. The predicted octanol–water partition coefficient (Wildman–Crippen LogP) is 4.45. The van der Waals surface area contributed by atoms with E-state index in [2.05, 4.69) is 10.3 Å². The van der Waals surface area contributed by atoms with E-state index in [9.17, 15) is 4.79 Å². The Morgan fingerprint density at radius 3 is 2.64 bits per heavy atom. The number of rotatable bonds is 5. The lowest BCUT2D eigenvalue weighted by atomic mass is 10.1. The number of nitrogens with zero attached hydrogens (tertiary/aromatic N) is 4. The lowest BCUT2D eigenvalue weighted by molar-refractivity contribution is 0.0775. The highest BCUT2D eigenvalue weighted by molar-refractivity contribution is 6.30. The second-order valence-electron chi connectivity index (χ2n) is 6.37. The van der Waals surface area contributed by atoms with E-state index in [1.54, 1.807) is 41.0 Å². The molecule has 0 aliphatic rings. The van der Waals surface area contributed by atoms with E-state index >= 15 is 0 Å². The number of hydrogen-bond donors (Lipinski definition) is 0. The van der Waals surface area contributed by atoms with Gasteiger partial charge < -0.3 is 9.42 Å². The van der Waals surface area contributed by atoms with Crippen LogP contribution < -0.4 is 0 Å². The minimum atomic E-state index is -0.226. The summed E-state index contributed by atoms with van der Waals surface area (Å²) in [5.41, 5.74) is 2.94. The molecule has 0 atom stereocenters. The molecule has 2 aromatic carbocycles. The van der Waals surface area contributed by atoms with Gasteiger partial charge in [-0.25, -0.2) is 4.68 Å². The summed E-state index contributed by atoms with van der Waals surface area (Å²) in [6.07, 6.45) is 3.65. The summed E-state index contributed by atoms with van der Waals surface area (Å²) in [5, 5.41) is 8.90. The summed E-state index contributed by atoms with van der Waals surface area (Å²) < 4.78 is 7.10. The molecule has 2 heterocycles. The van der Waals surface area contributed by atoms with Crippen LogP contribution in [0.5, 0.6) is 0 Å². The Kier molecular flexibility index (Phi) is 4.95. The summed E-state index contributed by atoms with van der Waals surface area (Å²) in [5.74, 6) is 0.293. The molecule has 6 nitrogen and oxygen atoms in total. The average Bonchev–Trinajstić information content (AvgIpc) is 3.39. The fourth-order valence-electron chi connectivity index (χ4n) is 2.83. The number of carbonyl (C=O) groups is 1. The zero-order valence-corrected chi connectivity index (χ0v) is 15.9. The number of benzene rings is 2. The topological polar surface area (TPSA) is 64.2 Å². The molecule has 0 aliphatic carbocycles. The van der Waals surface area contributed by atoms with Crippen molar-refractivity contribution in [3.8, 4) is 17.0 Å². The molecule has 0 fully saturated rings. The normalized spacial score (nSPS) is 10.8. The standard InChI is InChI=1S/C21H17ClN4O2/c1-25(13-15-12-23-26(14-15)18-5-3-2-4-6-18)21(27)19-11-20(28-24-19)16-7-9-17(22)10-8-16/h2-12,14H,13H2,1H3. The fourth-order valence-corrected chi connectivity index (χ4v) is 2.96. The lowest BCUT2D eigenvalue weighted by Gasteiger charge is -2.14. The molecule has 4 rings (SSSR count). The van der Waals surface area contributed by atoms with Gasteiger partial charge in [-0.05, 0) is 36.4 Å². The van der Waals surface area contributed by atoms with Gasteiger partial charge in [0.2, 0.25) is 0 Å². The molecule has 0 aliphatic heterocycles. The van der Waals surface area contributed by atoms with Crippen molar-refractivity contribution >= 4 is 17.5 Å². The van der Waals surface area contributed by atoms with Crippen molar-refractivity contribution in [2.75, 3.05) is 7.05 Å². The second kappa shape index (κ2) is 7.70. The highest BCUT2D eigenvalue weighted by Crippen LogP contribution is 2.23.